The van der Waals surface area contributed by atoms with Gasteiger partial charge in [-0.1, -0.05) is 5.21 Å². The van der Waals surface area contributed by atoms with E-state index in [1.54, 1.807) is 25.0 Å². The Morgan fingerprint density at radius 1 is 1.57 bits per heavy atom. The lowest BCUT2D eigenvalue weighted by Crippen LogP contribution is -2.10. The second kappa shape index (κ2) is 5.07. The Morgan fingerprint density at radius 3 is 2.79 bits per heavy atom. The van der Waals surface area contributed by atoms with Crippen LogP contribution in [0.5, 0.6) is 0 Å². The van der Waals surface area contributed by atoms with Gasteiger partial charge in [0.15, 0.2) is 0 Å². The molecule has 0 fully saturated rings. The molecule has 14 heavy (non-hydrogen) atoms. The summed E-state index contributed by atoms with van der Waals surface area (Å²) >= 11 is 0. The van der Waals surface area contributed by atoms with Gasteiger partial charge in [0.05, 0.1) is 24.1 Å². The number of aliphatic hydroxyl groups excluding tert-OH is 1. The summed E-state index contributed by atoms with van der Waals surface area (Å²) in [6, 6.07) is 0. The minimum absolute atomic E-state index is 0.172. The molecule has 80 valence electrons. The highest BCUT2D eigenvalue weighted by Gasteiger charge is 2.13. The zero-order chi connectivity index (χ0) is 10.6. The molecule has 2 unspecified atom stereocenters. The summed E-state index contributed by atoms with van der Waals surface area (Å²) < 4.78 is 6.68. The molecule has 2 atom stereocenters. The van der Waals surface area contributed by atoms with Crippen molar-refractivity contribution < 1.29 is 9.84 Å². The molecule has 0 radical (unpaired) electrons. The predicted molar refractivity (Wildman–Crippen MR) is 51.7 cm³/mol. The van der Waals surface area contributed by atoms with E-state index in [9.17, 15) is 5.11 Å². The van der Waals surface area contributed by atoms with Gasteiger partial charge in [-0.05, 0) is 19.8 Å². The molecule has 5 nitrogen and oxygen atoms in total. The fourth-order valence-electron chi connectivity index (χ4n) is 1.26. The van der Waals surface area contributed by atoms with E-state index in [2.05, 4.69) is 10.3 Å². The number of hydrogen-bond donors (Lipinski definition) is 1. The molecular weight excluding hydrogens is 182 g/mol. The van der Waals surface area contributed by atoms with Crippen LogP contribution in [0.4, 0.5) is 0 Å². The van der Waals surface area contributed by atoms with Crippen LogP contribution in [0.25, 0.3) is 0 Å². The second-order valence-corrected chi connectivity index (χ2v) is 3.42. The van der Waals surface area contributed by atoms with Crippen LogP contribution in [-0.4, -0.2) is 33.3 Å². The van der Waals surface area contributed by atoms with E-state index in [1.807, 2.05) is 6.92 Å². The molecule has 0 aliphatic rings. The number of rotatable bonds is 5. The summed E-state index contributed by atoms with van der Waals surface area (Å²) in [7, 11) is 3.44. The van der Waals surface area contributed by atoms with Crippen LogP contribution in [0, 0.1) is 0 Å². The summed E-state index contributed by atoms with van der Waals surface area (Å²) in [5.41, 5.74) is 0.744. The molecule has 1 N–H and O–H groups in total. The van der Waals surface area contributed by atoms with Crippen molar-refractivity contribution in [3.05, 3.63) is 11.9 Å². The van der Waals surface area contributed by atoms with Gasteiger partial charge in [0, 0.05) is 14.2 Å². The highest BCUT2D eigenvalue weighted by Crippen LogP contribution is 2.17. The number of methoxy groups -OCH3 is 1. The first-order valence-corrected chi connectivity index (χ1v) is 4.70. The van der Waals surface area contributed by atoms with E-state index < -0.39 is 6.10 Å². The van der Waals surface area contributed by atoms with Crippen molar-refractivity contribution in [3.63, 3.8) is 0 Å². The Labute approximate surface area is 83.7 Å². The van der Waals surface area contributed by atoms with Gasteiger partial charge in [-0.3, -0.25) is 0 Å². The molecule has 5 heteroatoms. The molecule has 1 aromatic heterocycles. The molecule has 0 aliphatic carbocycles. The van der Waals surface area contributed by atoms with Crippen molar-refractivity contribution in [2.45, 2.75) is 32.0 Å². The number of aromatic nitrogens is 3. The quantitative estimate of drug-likeness (QED) is 0.757. The molecule has 1 rings (SSSR count). The van der Waals surface area contributed by atoms with Crippen LogP contribution in [0.3, 0.4) is 0 Å². The standard InChI is InChI=1S/C9H17N3O2/c1-7(14-3)4-5-9(13)8-6-10-11-12(8)2/h6-7,9,13H,4-5H2,1-3H3. The fraction of sp³-hybridized carbons (Fsp3) is 0.778. The fourth-order valence-corrected chi connectivity index (χ4v) is 1.26. The Kier molecular flexibility index (Phi) is 4.03. The third kappa shape index (κ3) is 2.78. The average Bonchev–Trinajstić information content (AvgIpc) is 2.60. The summed E-state index contributed by atoms with van der Waals surface area (Å²) in [6.45, 7) is 1.98. The van der Waals surface area contributed by atoms with Crippen LogP contribution in [0.2, 0.25) is 0 Å². The van der Waals surface area contributed by atoms with Crippen LogP contribution >= 0.6 is 0 Å². The number of nitrogens with zero attached hydrogens (tertiary/aromatic N) is 3. The SMILES string of the molecule is COC(C)CCC(O)c1cnnn1C. The number of ether oxygens (including phenoxy) is 1. The first kappa shape index (κ1) is 11.1. The van der Waals surface area contributed by atoms with E-state index in [0.29, 0.717) is 6.42 Å². The van der Waals surface area contributed by atoms with Gasteiger partial charge in [-0.2, -0.15) is 0 Å². The lowest BCUT2D eigenvalue weighted by molar-refractivity contribution is 0.0828. The molecule has 0 saturated heterocycles. The smallest absolute Gasteiger partial charge is 0.0973 e. The zero-order valence-electron chi connectivity index (χ0n) is 8.84. The van der Waals surface area contributed by atoms with Crippen molar-refractivity contribution >= 4 is 0 Å². The normalized spacial score (nSPS) is 15.4. The van der Waals surface area contributed by atoms with Gasteiger partial charge in [-0.25, -0.2) is 4.68 Å². The maximum atomic E-state index is 9.78. The first-order valence-electron chi connectivity index (χ1n) is 4.70. The predicted octanol–water partition coefficient (Wildman–Crippen LogP) is 0.664. The van der Waals surface area contributed by atoms with Crippen LogP contribution in [0.1, 0.15) is 31.6 Å². The van der Waals surface area contributed by atoms with E-state index >= 15 is 0 Å². The molecule has 0 aliphatic heterocycles. The third-order valence-electron chi connectivity index (χ3n) is 2.34. The van der Waals surface area contributed by atoms with Crippen LogP contribution < -0.4 is 0 Å². The van der Waals surface area contributed by atoms with Gasteiger partial charge in [0.2, 0.25) is 0 Å². The topological polar surface area (TPSA) is 60.2 Å². The monoisotopic (exact) mass is 199 g/mol. The van der Waals surface area contributed by atoms with E-state index in [4.69, 9.17) is 4.74 Å². The summed E-state index contributed by atoms with van der Waals surface area (Å²) in [6.07, 6.45) is 2.74. The maximum absolute atomic E-state index is 9.78. The highest BCUT2D eigenvalue weighted by atomic mass is 16.5. The number of aliphatic hydroxyl groups is 1. The summed E-state index contributed by atoms with van der Waals surface area (Å²) in [5.74, 6) is 0. The summed E-state index contributed by atoms with van der Waals surface area (Å²) in [5, 5.41) is 17.3. The molecule has 0 aromatic carbocycles. The number of aryl methyl sites for hydroxylation is 1. The van der Waals surface area contributed by atoms with Gasteiger partial charge in [0.25, 0.3) is 0 Å². The lowest BCUT2D eigenvalue weighted by Gasteiger charge is -2.13. The second-order valence-electron chi connectivity index (χ2n) is 3.42. The zero-order valence-corrected chi connectivity index (χ0v) is 8.84. The molecule has 0 spiro atoms. The van der Waals surface area contributed by atoms with E-state index in [1.165, 1.54) is 0 Å². The minimum atomic E-state index is -0.507. The highest BCUT2D eigenvalue weighted by molar-refractivity contribution is 4.97. The molecule has 1 aromatic rings. The van der Waals surface area contributed by atoms with Gasteiger partial charge < -0.3 is 9.84 Å². The Morgan fingerprint density at radius 2 is 2.29 bits per heavy atom. The van der Waals surface area contributed by atoms with Crippen molar-refractivity contribution in [2.24, 2.45) is 7.05 Å². The van der Waals surface area contributed by atoms with Gasteiger partial charge >= 0.3 is 0 Å². The average molecular weight is 199 g/mol. The largest absolute Gasteiger partial charge is 0.387 e. The Bertz CT molecular complexity index is 275. The van der Waals surface area contributed by atoms with Crippen molar-refractivity contribution in [3.8, 4) is 0 Å². The van der Waals surface area contributed by atoms with Gasteiger partial charge in [-0.15, -0.1) is 5.10 Å². The third-order valence-corrected chi connectivity index (χ3v) is 2.34. The van der Waals surface area contributed by atoms with Crippen molar-refractivity contribution in [1.82, 2.24) is 15.0 Å². The Balaban J connectivity index is 2.43. The molecule has 1 heterocycles. The van der Waals surface area contributed by atoms with Gasteiger partial charge in [0.1, 0.15) is 0 Å². The lowest BCUT2D eigenvalue weighted by atomic mass is 10.1. The van der Waals surface area contributed by atoms with E-state index in [-0.39, 0.29) is 6.10 Å². The maximum Gasteiger partial charge on any atom is 0.0973 e. The first-order chi connectivity index (χ1) is 6.65. The van der Waals surface area contributed by atoms with Crippen molar-refractivity contribution in [2.75, 3.05) is 7.11 Å². The van der Waals surface area contributed by atoms with Crippen LogP contribution in [-0.2, 0) is 11.8 Å². The minimum Gasteiger partial charge on any atom is -0.387 e. The van der Waals surface area contributed by atoms with Crippen LogP contribution in [0.15, 0.2) is 6.20 Å². The Hall–Kier alpha value is -0.940. The van der Waals surface area contributed by atoms with E-state index in [0.717, 1.165) is 12.1 Å². The number of hydrogen-bond acceptors (Lipinski definition) is 4. The van der Waals surface area contributed by atoms with Crippen molar-refractivity contribution in [1.29, 1.82) is 0 Å². The molecular formula is C9H17N3O2. The molecule has 0 bridgehead atoms. The summed E-state index contributed by atoms with van der Waals surface area (Å²) in [4.78, 5) is 0. The molecule has 0 saturated carbocycles. The molecule has 0 amide bonds.